The summed E-state index contributed by atoms with van der Waals surface area (Å²) in [6.07, 6.45) is 1.41. The van der Waals surface area contributed by atoms with Crippen molar-refractivity contribution in [3.8, 4) is 0 Å². The lowest BCUT2D eigenvalue weighted by molar-refractivity contribution is -0.134. The highest BCUT2D eigenvalue weighted by molar-refractivity contribution is 5.78. The van der Waals surface area contributed by atoms with Crippen LogP contribution in [0.25, 0.3) is 11.0 Å². The molecular formula is C19H24N4O4. The lowest BCUT2D eigenvalue weighted by atomic mass is 9.91. The number of para-hydroxylation sites is 2. The molecule has 0 bridgehead atoms. The summed E-state index contributed by atoms with van der Waals surface area (Å²) in [4.78, 5) is 32.2. The number of carbonyl (C=O) groups is 2. The van der Waals surface area contributed by atoms with E-state index in [1.54, 1.807) is 11.9 Å². The Labute approximate surface area is 157 Å². The van der Waals surface area contributed by atoms with Crippen LogP contribution in [0.4, 0.5) is 4.79 Å². The first-order chi connectivity index (χ1) is 13.0. The minimum atomic E-state index is -0.437. The van der Waals surface area contributed by atoms with Crippen molar-refractivity contribution >= 4 is 23.0 Å². The molecule has 2 aliphatic heterocycles. The van der Waals surface area contributed by atoms with Crippen LogP contribution in [0.2, 0.25) is 0 Å². The van der Waals surface area contributed by atoms with E-state index in [1.165, 1.54) is 0 Å². The molecule has 2 fully saturated rings. The Kier molecular flexibility index (Phi) is 4.51. The van der Waals surface area contributed by atoms with Crippen LogP contribution < -0.4 is 0 Å². The molecule has 2 aromatic rings. The highest BCUT2D eigenvalue weighted by Gasteiger charge is 2.46. The summed E-state index contributed by atoms with van der Waals surface area (Å²) in [6.45, 7) is 2.10. The van der Waals surface area contributed by atoms with Gasteiger partial charge in [0.15, 0.2) is 0 Å². The Morgan fingerprint density at radius 3 is 2.70 bits per heavy atom. The quantitative estimate of drug-likeness (QED) is 0.876. The van der Waals surface area contributed by atoms with Crippen LogP contribution >= 0.6 is 0 Å². The molecule has 8 heteroatoms. The Bertz CT molecular complexity index is 870. The van der Waals surface area contributed by atoms with Crippen LogP contribution in [-0.4, -0.2) is 68.7 Å². The van der Waals surface area contributed by atoms with Gasteiger partial charge in [-0.1, -0.05) is 12.1 Å². The maximum atomic E-state index is 12.7. The lowest BCUT2D eigenvalue weighted by Crippen LogP contribution is -2.48. The van der Waals surface area contributed by atoms with E-state index >= 15 is 0 Å². The zero-order valence-electron chi connectivity index (χ0n) is 15.4. The fourth-order valence-corrected chi connectivity index (χ4v) is 4.08. The number of hydrogen-bond donors (Lipinski definition) is 1. The number of piperidine rings is 1. The first-order valence-corrected chi connectivity index (χ1v) is 9.28. The van der Waals surface area contributed by atoms with E-state index in [2.05, 4.69) is 4.98 Å². The molecule has 4 rings (SSSR count). The molecule has 0 saturated carbocycles. The number of imidazole rings is 1. The number of benzene rings is 1. The molecule has 8 nitrogen and oxygen atoms in total. The molecule has 1 aromatic heterocycles. The van der Waals surface area contributed by atoms with E-state index in [1.807, 2.05) is 33.7 Å². The predicted octanol–water partition coefficient (Wildman–Crippen LogP) is 1.36. The first kappa shape index (κ1) is 17.8. The monoisotopic (exact) mass is 372 g/mol. The van der Waals surface area contributed by atoms with Crippen LogP contribution in [-0.2, 0) is 22.7 Å². The average Bonchev–Trinajstić information content (AvgIpc) is 3.17. The maximum absolute atomic E-state index is 12.7. The lowest BCUT2D eigenvalue weighted by Gasteiger charge is -2.37. The predicted molar refractivity (Wildman–Crippen MR) is 97.9 cm³/mol. The zero-order chi connectivity index (χ0) is 19.0. The number of aliphatic hydroxyl groups is 1. The number of amides is 2. The van der Waals surface area contributed by atoms with Gasteiger partial charge in [-0.2, -0.15) is 0 Å². The van der Waals surface area contributed by atoms with Crippen molar-refractivity contribution in [2.24, 2.45) is 0 Å². The molecular weight excluding hydrogens is 348 g/mol. The third kappa shape index (κ3) is 3.25. The van der Waals surface area contributed by atoms with E-state index in [-0.39, 0.29) is 18.6 Å². The summed E-state index contributed by atoms with van der Waals surface area (Å²) in [7, 11) is 1.74. The number of likely N-dealkylation sites (N-methyl/N-ethyl adjacent to an activating group) is 1. The molecule has 1 aromatic carbocycles. The summed E-state index contributed by atoms with van der Waals surface area (Å²) in [5.41, 5.74) is 1.31. The van der Waals surface area contributed by atoms with E-state index < -0.39 is 5.60 Å². The summed E-state index contributed by atoms with van der Waals surface area (Å²) in [5.74, 6) is 0.645. The number of aryl methyl sites for hydroxylation is 1. The molecule has 3 heterocycles. The van der Waals surface area contributed by atoms with E-state index in [0.717, 1.165) is 11.0 Å². The smallest absolute Gasteiger partial charge is 0.410 e. The molecule has 27 heavy (non-hydrogen) atoms. The third-order valence-electron chi connectivity index (χ3n) is 5.59. The second-order valence-corrected chi connectivity index (χ2v) is 7.36. The molecule has 144 valence electrons. The molecule has 0 atom stereocenters. The van der Waals surface area contributed by atoms with Gasteiger partial charge in [0.1, 0.15) is 18.0 Å². The largest absolute Gasteiger partial charge is 0.441 e. The highest BCUT2D eigenvalue weighted by atomic mass is 16.6. The van der Waals surface area contributed by atoms with E-state index in [0.29, 0.717) is 51.3 Å². The number of rotatable bonds is 4. The Morgan fingerprint density at radius 2 is 2.04 bits per heavy atom. The minimum absolute atomic E-state index is 0.0733. The Balaban J connectivity index is 1.38. The standard InChI is InChI=1S/C19H24N4O4/c1-21-13-19(27-18(21)26)7-10-22(11-8-19)17(25)6-9-23-15-5-3-2-4-14(15)20-16(23)12-24/h2-5,24H,6-13H2,1H3. The molecule has 2 amide bonds. The van der Waals surface area contributed by atoms with Gasteiger partial charge < -0.3 is 24.2 Å². The number of carbonyl (C=O) groups excluding carboxylic acids is 2. The van der Waals surface area contributed by atoms with Crippen molar-refractivity contribution in [2.75, 3.05) is 26.7 Å². The minimum Gasteiger partial charge on any atom is -0.441 e. The number of aromatic nitrogens is 2. The topological polar surface area (TPSA) is 87.9 Å². The van der Waals surface area contributed by atoms with Crippen molar-refractivity contribution in [3.63, 3.8) is 0 Å². The second-order valence-electron chi connectivity index (χ2n) is 7.36. The van der Waals surface area contributed by atoms with E-state index in [4.69, 9.17) is 4.74 Å². The second kappa shape index (κ2) is 6.84. The number of aliphatic hydroxyl groups excluding tert-OH is 1. The van der Waals surface area contributed by atoms with Crippen molar-refractivity contribution < 1.29 is 19.4 Å². The Hall–Kier alpha value is -2.61. The normalized spacial score (nSPS) is 19.1. The number of likely N-dealkylation sites (tertiary alicyclic amines) is 1. The van der Waals surface area contributed by atoms with Gasteiger partial charge in [0.25, 0.3) is 0 Å². The van der Waals surface area contributed by atoms with Gasteiger partial charge in [-0.25, -0.2) is 9.78 Å². The maximum Gasteiger partial charge on any atom is 0.410 e. The zero-order valence-corrected chi connectivity index (χ0v) is 15.4. The van der Waals surface area contributed by atoms with Gasteiger partial charge in [-0.3, -0.25) is 4.79 Å². The van der Waals surface area contributed by atoms with Crippen LogP contribution in [0.15, 0.2) is 24.3 Å². The molecule has 0 aliphatic carbocycles. The molecule has 1 spiro atoms. The van der Waals surface area contributed by atoms with Gasteiger partial charge in [-0.05, 0) is 12.1 Å². The van der Waals surface area contributed by atoms with Crippen molar-refractivity contribution in [2.45, 2.75) is 38.0 Å². The summed E-state index contributed by atoms with van der Waals surface area (Å²) in [6, 6.07) is 7.68. The number of ether oxygens (including phenoxy) is 1. The molecule has 0 radical (unpaired) electrons. The van der Waals surface area contributed by atoms with Gasteiger partial charge in [0.2, 0.25) is 5.91 Å². The molecule has 2 saturated heterocycles. The summed E-state index contributed by atoms with van der Waals surface area (Å²) >= 11 is 0. The van der Waals surface area contributed by atoms with Crippen LogP contribution in [0.5, 0.6) is 0 Å². The number of hydrogen-bond acceptors (Lipinski definition) is 5. The van der Waals surface area contributed by atoms with Crippen LogP contribution in [0.3, 0.4) is 0 Å². The first-order valence-electron chi connectivity index (χ1n) is 9.28. The number of fused-ring (bicyclic) bond motifs is 1. The molecule has 0 unspecified atom stereocenters. The van der Waals surface area contributed by atoms with Crippen LogP contribution in [0.1, 0.15) is 25.1 Å². The fourth-order valence-electron chi connectivity index (χ4n) is 4.08. The Morgan fingerprint density at radius 1 is 1.30 bits per heavy atom. The summed E-state index contributed by atoms with van der Waals surface area (Å²) in [5, 5.41) is 9.57. The van der Waals surface area contributed by atoms with Gasteiger partial charge >= 0.3 is 6.09 Å². The van der Waals surface area contributed by atoms with Gasteiger partial charge in [-0.15, -0.1) is 0 Å². The van der Waals surface area contributed by atoms with Crippen molar-refractivity contribution in [3.05, 3.63) is 30.1 Å². The average molecular weight is 372 g/mol. The SMILES string of the molecule is CN1CC2(CCN(C(=O)CCn3c(CO)nc4ccccc43)CC2)OC1=O. The highest BCUT2D eigenvalue weighted by Crippen LogP contribution is 2.32. The van der Waals surface area contributed by atoms with Gasteiger partial charge in [0.05, 0.1) is 17.6 Å². The van der Waals surface area contributed by atoms with Gasteiger partial charge in [0, 0.05) is 45.9 Å². The fraction of sp³-hybridized carbons (Fsp3) is 0.526. The van der Waals surface area contributed by atoms with Crippen LogP contribution in [0, 0.1) is 0 Å². The van der Waals surface area contributed by atoms with E-state index in [9.17, 15) is 14.7 Å². The third-order valence-corrected chi connectivity index (χ3v) is 5.59. The number of nitrogens with zero attached hydrogens (tertiary/aromatic N) is 4. The van der Waals surface area contributed by atoms with Crippen molar-refractivity contribution in [1.82, 2.24) is 19.4 Å². The molecule has 1 N–H and O–H groups in total. The summed E-state index contributed by atoms with van der Waals surface area (Å²) < 4.78 is 7.45. The van der Waals surface area contributed by atoms with Crippen molar-refractivity contribution in [1.29, 1.82) is 0 Å². The molecule has 2 aliphatic rings.